The molecule has 0 aromatic rings. The van der Waals surface area contributed by atoms with Gasteiger partial charge in [0.25, 0.3) is 0 Å². The van der Waals surface area contributed by atoms with Crippen molar-refractivity contribution in [1.29, 1.82) is 0 Å². The van der Waals surface area contributed by atoms with Crippen LogP contribution in [0.15, 0.2) is 0 Å². The third-order valence-electron chi connectivity index (χ3n) is 2.68. The van der Waals surface area contributed by atoms with Crippen molar-refractivity contribution in [2.75, 3.05) is 26.2 Å². The van der Waals surface area contributed by atoms with Gasteiger partial charge in [-0.2, -0.15) is 0 Å². The molecule has 0 saturated carbocycles. The molecule has 0 aromatic heterocycles. The molecule has 0 rings (SSSR count). The second-order valence-corrected chi connectivity index (χ2v) is 2.83. The molecule has 0 bridgehead atoms. The van der Waals surface area contributed by atoms with Crippen molar-refractivity contribution in [2.45, 2.75) is 27.7 Å². The molecule has 0 radical (unpaired) electrons. The van der Waals surface area contributed by atoms with E-state index in [-0.39, 0.29) is 0 Å². The molecule has 0 aliphatic carbocycles. The van der Waals surface area contributed by atoms with Crippen molar-refractivity contribution in [1.82, 2.24) is 0 Å². The zero-order valence-corrected chi connectivity index (χ0v) is 8.95. The topological polar surface area (TPSA) is 66.2 Å². The Morgan fingerprint density at radius 2 is 1.08 bits per heavy atom. The van der Waals surface area contributed by atoms with Gasteiger partial charge in [-0.15, -0.1) is 0 Å². The monoisotopic (exact) mass is 192 g/mol. The molecule has 0 amide bonds. The van der Waals surface area contributed by atoms with E-state index in [4.69, 9.17) is 15.3 Å². The van der Waals surface area contributed by atoms with Crippen LogP contribution in [0.2, 0.25) is 0 Å². The van der Waals surface area contributed by atoms with E-state index >= 15 is 0 Å². The first-order chi connectivity index (χ1) is 5.97. The molecule has 5 nitrogen and oxygen atoms in total. The Hall–Kier alpha value is -0.840. The largest absolute Gasteiger partial charge is 0.356 e. The molecule has 13 heavy (non-hydrogen) atoms. The van der Waals surface area contributed by atoms with Crippen molar-refractivity contribution < 1.29 is 9.57 Å². The van der Waals surface area contributed by atoms with E-state index in [9.17, 15) is 0 Å². The van der Waals surface area contributed by atoms with E-state index in [0.29, 0.717) is 0 Å². The molecule has 0 spiro atoms. The van der Waals surface area contributed by atoms with Crippen LogP contribution in [0.3, 0.4) is 0 Å². The molecule has 0 aliphatic rings. The van der Waals surface area contributed by atoms with E-state index in [2.05, 4.69) is 27.7 Å². The van der Waals surface area contributed by atoms with Crippen LogP contribution < -0.4 is 0 Å². The normalized spacial score (nSPS) is 10.2. The molecular formula is C8H20N2O3. The number of rotatable bonds is 4. The average Bonchev–Trinajstić information content (AvgIpc) is 2.09. The minimum absolute atomic E-state index is 1.28. The van der Waals surface area contributed by atoms with Crippen LogP contribution in [-0.2, 0) is 0 Å². The molecule has 0 unspecified atom stereocenters. The van der Waals surface area contributed by atoms with E-state index in [1.807, 2.05) is 0 Å². The summed E-state index contributed by atoms with van der Waals surface area (Å²) >= 11 is 0. The predicted molar refractivity (Wildman–Crippen MR) is 52.8 cm³/mol. The lowest BCUT2D eigenvalue weighted by atomic mass is 10.3. The van der Waals surface area contributed by atoms with Gasteiger partial charge >= 0.3 is 0 Å². The summed E-state index contributed by atoms with van der Waals surface area (Å²) in [5, 5.41) is 14.8. The quantitative estimate of drug-likeness (QED) is 0.386. The van der Waals surface area contributed by atoms with E-state index < -0.39 is 5.09 Å². The summed E-state index contributed by atoms with van der Waals surface area (Å²) < 4.78 is 1.28. The van der Waals surface area contributed by atoms with Gasteiger partial charge in [-0.05, 0) is 27.7 Å². The zero-order valence-electron chi connectivity index (χ0n) is 8.95. The Morgan fingerprint density at radius 3 is 1.08 bits per heavy atom. The van der Waals surface area contributed by atoms with Gasteiger partial charge in [-0.1, -0.05) is 0 Å². The first-order valence-electron chi connectivity index (χ1n) is 4.64. The number of hydrogen-bond acceptors (Lipinski definition) is 3. The van der Waals surface area contributed by atoms with Crippen LogP contribution in [0, 0.1) is 15.3 Å². The van der Waals surface area contributed by atoms with Crippen LogP contribution in [0.1, 0.15) is 27.7 Å². The molecule has 0 aromatic carbocycles. The number of hydrogen-bond donors (Lipinski definition) is 0. The van der Waals surface area contributed by atoms with Crippen molar-refractivity contribution in [2.24, 2.45) is 0 Å². The standard InChI is InChI=1S/C8H20N.NO3/c1-5-9(6-2,7-3)8-4;2-1(3)4/h5-8H2,1-4H3;/q+1;-1. The summed E-state index contributed by atoms with van der Waals surface area (Å²) in [4.78, 5) is 8.25. The predicted octanol–water partition coefficient (Wildman–Crippen LogP) is 1.64. The van der Waals surface area contributed by atoms with Crippen LogP contribution >= 0.6 is 0 Å². The Balaban J connectivity index is 0. The first-order valence-corrected chi connectivity index (χ1v) is 4.64. The van der Waals surface area contributed by atoms with Gasteiger partial charge in [0.05, 0.1) is 31.3 Å². The Kier molecular flexibility index (Phi) is 8.79. The highest BCUT2D eigenvalue weighted by molar-refractivity contribution is 4.31. The smallest absolute Gasteiger partial charge is 0.0757 e. The molecule has 5 heteroatoms. The van der Waals surface area contributed by atoms with E-state index in [1.165, 1.54) is 30.7 Å². The summed E-state index contributed by atoms with van der Waals surface area (Å²) in [6.07, 6.45) is 0. The Morgan fingerprint density at radius 1 is 0.923 bits per heavy atom. The van der Waals surface area contributed by atoms with Crippen LogP contribution in [-0.4, -0.2) is 35.7 Å². The lowest BCUT2D eigenvalue weighted by Crippen LogP contribution is -2.47. The van der Waals surface area contributed by atoms with Gasteiger partial charge in [0.1, 0.15) is 0 Å². The van der Waals surface area contributed by atoms with Gasteiger partial charge in [0, 0.05) is 0 Å². The second-order valence-electron chi connectivity index (χ2n) is 2.83. The van der Waals surface area contributed by atoms with Gasteiger partial charge in [0.15, 0.2) is 0 Å². The lowest BCUT2D eigenvalue weighted by molar-refractivity contribution is -0.921. The fourth-order valence-electron chi connectivity index (χ4n) is 1.34. The minimum atomic E-state index is -1.75. The number of quaternary nitrogens is 1. The minimum Gasteiger partial charge on any atom is -0.356 e. The first kappa shape index (κ1) is 14.7. The van der Waals surface area contributed by atoms with Crippen molar-refractivity contribution in [3.05, 3.63) is 15.3 Å². The lowest BCUT2D eigenvalue weighted by Gasteiger charge is -2.34. The van der Waals surface area contributed by atoms with Gasteiger partial charge in [-0.25, -0.2) is 0 Å². The SMILES string of the molecule is CC[N+](CC)(CC)CC.O=[N+]([O-])[O-]. The fraction of sp³-hybridized carbons (Fsp3) is 1.00. The van der Waals surface area contributed by atoms with Gasteiger partial charge in [0.2, 0.25) is 0 Å². The maximum atomic E-state index is 8.25. The summed E-state index contributed by atoms with van der Waals surface area (Å²) in [7, 11) is 0. The molecule has 0 N–H and O–H groups in total. The van der Waals surface area contributed by atoms with Crippen molar-refractivity contribution >= 4 is 0 Å². The van der Waals surface area contributed by atoms with Crippen LogP contribution in [0.5, 0.6) is 0 Å². The highest BCUT2D eigenvalue weighted by atomic mass is 16.9. The molecule has 0 saturated heterocycles. The summed E-state index contributed by atoms with van der Waals surface area (Å²) in [6, 6.07) is 0. The fourth-order valence-corrected chi connectivity index (χ4v) is 1.34. The van der Waals surface area contributed by atoms with Crippen LogP contribution in [0.4, 0.5) is 0 Å². The number of nitrogens with zero attached hydrogens (tertiary/aromatic N) is 2. The van der Waals surface area contributed by atoms with Gasteiger partial charge < -0.3 is 19.8 Å². The second kappa shape index (κ2) is 7.79. The highest BCUT2D eigenvalue weighted by Crippen LogP contribution is 2.03. The van der Waals surface area contributed by atoms with E-state index in [1.54, 1.807) is 0 Å². The molecule has 0 heterocycles. The molecular weight excluding hydrogens is 172 g/mol. The van der Waals surface area contributed by atoms with Crippen LogP contribution in [0.25, 0.3) is 0 Å². The Bertz CT molecular complexity index is 114. The van der Waals surface area contributed by atoms with E-state index in [0.717, 1.165) is 0 Å². The maximum absolute atomic E-state index is 8.25. The maximum Gasteiger partial charge on any atom is 0.0757 e. The molecule has 0 aliphatic heterocycles. The molecule has 0 atom stereocenters. The third kappa shape index (κ3) is 7.52. The Labute approximate surface area is 79.7 Å². The molecule has 80 valence electrons. The third-order valence-corrected chi connectivity index (χ3v) is 2.68. The zero-order chi connectivity index (χ0) is 10.9. The van der Waals surface area contributed by atoms with Crippen molar-refractivity contribution in [3.8, 4) is 0 Å². The molecule has 0 fully saturated rings. The average molecular weight is 192 g/mol. The van der Waals surface area contributed by atoms with Crippen molar-refractivity contribution in [3.63, 3.8) is 0 Å². The summed E-state index contributed by atoms with van der Waals surface area (Å²) in [6.45, 7) is 14.2. The summed E-state index contributed by atoms with van der Waals surface area (Å²) in [5.41, 5.74) is 0. The van der Waals surface area contributed by atoms with Gasteiger partial charge in [-0.3, -0.25) is 0 Å². The summed E-state index contributed by atoms with van der Waals surface area (Å²) in [5.74, 6) is 0. The highest BCUT2D eigenvalue weighted by Gasteiger charge is 2.16.